The Balaban J connectivity index is 2.36. The number of anilines is 1. The molecule has 1 aliphatic rings. The van der Waals surface area contributed by atoms with Crippen LogP contribution in [0.15, 0.2) is 10.9 Å². The summed E-state index contributed by atoms with van der Waals surface area (Å²) in [5.41, 5.74) is -0.330. The highest BCUT2D eigenvalue weighted by atomic mass is 16.5. The normalized spacial score (nSPS) is 17.2. The molecule has 7 heteroatoms. The van der Waals surface area contributed by atoms with Gasteiger partial charge in [0.2, 0.25) is 0 Å². The summed E-state index contributed by atoms with van der Waals surface area (Å²) in [6, 6.07) is 1.40. The molecule has 0 radical (unpaired) electrons. The Labute approximate surface area is 116 Å². The number of H-pyrrole nitrogens is 1. The van der Waals surface area contributed by atoms with Gasteiger partial charge >= 0.3 is 5.97 Å². The first-order valence-electron chi connectivity index (χ1n) is 6.66. The van der Waals surface area contributed by atoms with Crippen LogP contribution >= 0.6 is 0 Å². The van der Waals surface area contributed by atoms with Crippen molar-refractivity contribution in [3.63, 3.8) is 0 Å². The highest BCUT2D eigenvalue weighted by molar-refractivity contribution is 5.75. The Morgan fingerprint density at radius 3 is 2.65 bits per heavy atom. The Bertz CT molecular complexity index is 535. The summed E-state index contributed by atoms with van der Waals surface area (Å²) in [5.74, 6) is -1.23. The number of nitrogens with zero attached hydrogens (tertiary/aromatic N) is 2. The monoisotopic (exact) mass is 281 g/mol. The van der Waals surface area contributed by atoms with Crippen molar-refractivity contribution < 1.29 is 14.6 Å². The maximum Gasteiger partial charge on any atom is 0.314 e. The molecule has 1 aromatic rings. The van der Waals surface area contributed by atoms with Crippen molar-refractivity contribution in [3.8, 4) is 0 Å². The SMILES string of the molecule is CC(C)C(C(=O)O)c1nc(N2CCOCC2)cc(=O)[nH]1. The van der Waals surface area contributed by atoms with Gasteiger partial charge in [-0.2, -0.15) is 0 Å². The smallest absolute Gasteiger partial charge is 0.314 e. The van der Waals surface area contributed by atoms with E-state index in [2.05, 4.69) is 9.97 Å². The predicted molar refractivity (Wildman–Crippen MR) is 73.1 cm³/mol. The highest BCUT2D eigenvalue weighted by Crippen LogP contribution is 2.22. The number of carboxylic acids is 1. The average Bonchev–Trinajstić information content (AvgIpc) is 2.38. The highest BCUT2D eigenvalue weighted by Gasteiger charge is 2.27. The number of aliphatic carboxylic acids is 1. The summed E-state index contributed by atoms with van der Waals surface area (Å²) in [6.45, 7) is 6.04. The van der Waals surface area contributed by atoms with Crippen LogP contribution in [0.5, 0.6) is 0 Å². The third kappa shape index (κ3) is 3.16. The molecule has 1 unspecified atom stereocenters. The van der Waals surface area contributed by atoms with Crippen LogP contribution in [0.25, 0.3) is 0 Å². The standard InChI is InChI=1S/C13H19N3O4/c1-8(2)11(13(18)19)12-14-9(7-10(17)15-12)16-3-5-20-6-4-16/h7-8,11H,3-6H2,1-2H3,(H,18,19)(H,14,15,17). The number of ether oxygens (including phenoxy) is 1. The van der Waals surface area contributed by atoms with Crippen LogP contribution in [0.2, 0.25) is 0 Å². The van der Waals surface area contributed by atoms with Gasteiger partial charge in [0, 0.05) is 19.2 Å². The Morgan fingerprint density at radius 1 is 1.45 bits per heavy atom. The topological polar surface area (TPSA) is 95.5 Å². The van der Waals surface area contributed by atoms with Gasteiger partial charge in [0.1, 0.15) is 17.6 Å². The summed E-state index contributed by atoms with van der Waals surface area (Å²) >= 11 is 0. The zero-order chi connectivity index (χ0) is 14.7. The molecule has 0 aromatic carbocycles. The van der Waals surface area contributed by atoms with E-state index in [9.17, 15) is 14.7 Å². The second-order valence-corrected chi connectivity index (χ2v) is 5.15. The fourth-order valence-corrected chi connectivity index (χ4v) is 2.28. The van der Waals surface area contributed by atoms with E-state index in [0.29, 0.717) is 32.1 Å². The van der Waals surface area contributed by atoms with Gasteiger partial charge in [-0.1, -0.05) is 13.8 Å². The van der Waals surface area contributed by atoms with Gasteiger partial charge in [0.15, 0.2) is 0 Å². The molecule has 7 nitrogen and oxygen atoms in total. The van der Waals surface area contributed by atoms with Crippen LogP contribution in [0.4, 0.5) is 5.82 Å². The molecule has 0 aliphatic carbocycles. The van der Waals surface area contributed by atoms with E-state index in [1.165, 1.54) is 6.07 Å². The molecule has 0 saturated carbocycles. The van der Waals surface area contributed by atoms with Gasteiger partial charge in [-0.05, 0) is 5.92 Å². The minimum Gasteiger partial charge on any atom is -0.481 e. The molecule has 1 atom stereocenters. The van der Waals surface area contributed by atoms with Crippen LogP contribution in [-0.4, -0.2) is 47.3 Å². The van der Waals surface area contributed by atoms with E-state index in [1.54, 1.807) is 13.8 Å². The quantitative estimate of drug-likeness (QED) is 0.831. The van der Waals surface area contributed by atoms with E-state index in [0.717, 1.165) is 0 Å². The lowest BCUT2D eigenvalue weighted by Crippen LogP contribution is -2.38. The summed E-state index contributed by atoms with van der Waals surface area (Å²) in [6.07, 6.45) is 0. The Hall–Kier alpha value is -1.89. The molecule has 110 valence electrons. The van der Waals surface area contributed by atoms with Gasteiger partial charge in [0.25, 0.3) is 5.56 Å². The number of rotatable bonds is 4. The fraction of sp³-hybridized carbons (Fsp3) is 0.615. The van der Waals surface area contributed by atoms with Crippen LogP contribution in [0, 0.1) is 5.92 Å². The van der Waals surface area contributed by atoms with Crippen LogP contribution in [0.3, 0.4) is 0 Å². The summed E-state index contributed by atoms with van der Waals surface area (Å²) in [7, 11) is 0. The molecule has 2 rings (SSSR count). The molecule has 20 heavy (non-hydrogen) atoms. The van der Waals surface area contributed by atoms with Gasteiger partial charge < -0.3 is 19.7 Å². The zero-order valence-electron chi connectivity index (χ0n) is 11.6. The number of aromatic nitrogens is 2. The van der Waals surface area contributed by atoms with Crippen molar-refractivity contribution in [2.24, 2.45) is 5.92 Å². The van der Waals surface area contributed by atoms with E-state index in [-0.39, 0.29) is 17.3 Å². The summed E-state index contributed by atoms with van der Waals surface area (Å²) in [5, 5.41) is 9.29. The molecule has 0 spiro atoms. The molecule has 1 aromatic heterocycles. The van der Waals surface area contributed by atoms with Gasteiger partial charge in [-0.15, -0.1) is 0 Å². The van der Waals surface area contributed by atoms with Gasteiger partial charge in [0.05, 0.1) is 13.2 Å². The Kier molecular flexibility index (Phi) is 4.39. The lowest BCUT2D eigenvalue weighted by molar-refractivity contribution is -0.140. The third-order valence-electron chi connectivity index (χ3n) is 3.31. The molecule has 2 heterocycles. The van der Waals surface area contributed by atoms with E-state index >= 15 is 0 Å². The number of carbonyl (C=O) groups is 1. The first-order valence-corrected chi connectivity index (χ1v) is 6.66. The predicted octanol–water partition coefficient (Wildman–Crippen LogP) is 0.431. The fourth-order valence-electron chi connectivity index (χ4n) is 2.28. The van der Waals surface area contributed by atoms with Gasteiger partial charge in [-0.25, -0.2) is 4.98 Å². The molecule has 1 saturated heterocycles. The van der Waals surface area contributed by atoms with Crippen molar-refractivity contribution in [2.45, 2.75) is 19.8 Å². The van der Waals surface area contributed by atoms with Crippen LogP contribution < -0.4 is 10.5 Å². The van der Waals surface area contributed by atoms with E-state index in [1.807, 2.05) is 4.90 Å². The number of morpholine rings is 1. The number of nitrogens with one attached hydrogen (secondary N) is 1. The van der Waals surface area contributed by atoms with Crippen molar-refractivity contribution in [1.82, 2.24) is 9.97 Å². The molecular weight excluding hydrogens is 262 g/mol. The number of hydrogen-bond donors (Lipinski definition) is 2. The molecular formula is C13H19N3O4. The first-order chi connectivity index (χ1) is 9.49. The van der Waals surface area contributed by atoms with Crippen molar-refractivity contribution >= 4 is 11.8 Å². The lowest BCUT2D eigenvalue weighted by atomic mass is 9.95. The molecule has 2 N–H and O–H groups in total. The largest absolute Gasteiger partial charge is 0.481 e. The average molecular weight is 281 g/mol. The lowest BCUT2D eigenvalue weighted by Gasteiger charge is -2.28. The summed E-state index contributed by atoms with van der Waals surface area (Å²) in [4.78, 5) is 31.9. The minimum atomic E-state index is -0.984. The number of hydrogen-bond acceptors (Lipinski definition) is 5. The molecule has 0 amide bonds. The second-order valence-electron chi connectivity index (χ2n) is 5.15. The number of carboxylic acid groups (broad SMARTS) is 1. The molecule has 1 aliphatic heterocycles. The first kappa shape index (κ1) is 14.5. The van der Waals surface area contributed by atoms with Crippen LogP contribution in [-0.2, 0) is 9.53 Å². The van der Waals surface area contributed by atoms with Crippen molar-refractivity contribution in [2.75, 3.05) is 31.2 Å². The van der Waals surface area contributed by atoms with E-state index in [4.69, 9.17) is 4.74 Å². The maximum absolute atomic E-state index is 11.8. The maximum atomic E-state index is 11.8. The third-order valence-corrected chi connectivity index (χ3v) is 3.31. The van der Waals surface area contributed by atoms with Crippen molar-refractivity contribution in [1.29, 1.82) is 0 Å². The summed E-state index contributed by atoms with van der Waals surface area (Å²) < 4.78 is 5.26. The van der Waals surface area contributed by atoms with Gasteiger partial charge in [-0.3, -0.25) is 9.59 Å². The number of aromatic amines is 1. The molecule has 1 fully saturated rings. The second kappa shape index (κ2) is 6.04. The van der Waals surface area contributed by atoms with E-state index < -0.39 is 11.9 Å². The molecule has 0 bridgehead atoms. The van der Waals surface area contributed by atoms with Crippen molar-refractivity contribution in [3.05, 3.63) is 22.2 Å². The Morgan fingerprint density at radius 2 is 2.10 bits per heavy atom. The minimum absolute atomic E-state index is 0.157. The zero-order valence-corrected chi connectivity index (χ0v) is 11.6. The van der Waals surface area contributed by atoms with Crippen LogP contribution in [0.1, 0.15) is 25.6 Å².